The summed E-state index contributed by atoms with van der Waals surface area (Å²) in [6.45, 7) is 1.87. The van der Waals surface area contributed by atoms with Crippen LogP contribution in [0.5, 0.6) is 0 Å². The minimum absolute atomic E-state index is 0.0373. The van der Waals surface area contributed by atoms with E-state index in [1.54, 1.807) is 17.0 Å². The second-order valence-electron chi connectivity index (χ2n) is 7.84. The molecule has 0 aliphatic carbocycles. The molecule has 0 aromatic heterocycles. The van der Waals surface area contributed by atoms with Crippen molar-refractivity contribution in [2.24, 2.45) is 9.98 Å². The molecule has 1 saturated heterocycles. The van der Waals surface area contributed by atoms with E-state index >= 15 is 0 Å². The molecule has 3 heterocycles. The third-order valence-electron chi connectivity index (χ3n) is 5.90. The van der Waals surface area contributed by atoms with Gasteiger partial charge in [-0.05, 0) is 18.2 Å². The summed E-state index contributed by atoms with van der Waals surface area (Å²) in [5.74, 6) is -1.54. The summed E-state index contributed by atoms with van der Waals surface area (Å²) in [5, 5.41) is 0. The van der Waals surface area contributed by atoms with E-state index in [-0.39, 0.29) is 28.5 Å². The highest BCUT2D eigenvalue weighted by atomic mass is 19.1. The molecule has 166 valence electrons. The van der Waals surface area contributed by atoms with Crippen LogP contribution < -0.4 is 4.90 Å². The number of piperazine rings is 1. The smallest absolute Gasteiger partial charge is 0.351 e. The van der Waals surface area contributed by atoms with E-state index in [4.69, 9.17) is 0 Å². The van der Waals surface area contributed by atoms with E-state index in [1.807, 2.05) is 30.3 Å². The average Bonchev–Trinajstić information content (AvgIpc) is 3.26. The number of halogens is 1. The normalized spacial score (nSPS) is 18.1. The van der Waals surface area contributed by atoms with Crippen molar-refractivity contribution in [2.75, 3.05) is 37.6 Å². The molecule has 33 heavy (non-hydrogen) atoms. The third kappa shape index (κ3) is 3.82. The maximum Gasteiger partial charge on any atom is 0.351 e. The van der Waals surface area contributed by atoms with Crippen molar-refractivity contribution in [3.05, 3.63) is 72.2 Å². The second kappa shape index (κ2) is 8.42. The number of aliphatic imine (C=N–C) groups is 2. The fourth-order valence-corrected chi connectivity index (χ4v) is 4.12. The van der Waals surface area contributed by atoms with Crippen molar-refractivity contribution in [3.8, 4) is 0 Å². The maximum atomic E-state index is 14.2. The number of carbonyl (C=O) groups excluding carboxylic acids is 3. The van der Waals surface area contributed by atoms with Crippen LogP contribution in [0.4, 0.5) is 14.9 Å². The zero-order valence-electron chi connectivity index (χ0n) is 17.6. The number of benzene rings is 2. The highest BCUT2D eigenvalue weighted by Crippen LogP contribution is 2.27. The van der Waals surface area contributed by atoms with E-state index in [0.717, 1.165) is 10.6 Å². The average molecular weight is 445 g/mol. The van der Waals surface area contributed by atoms with Crippen LogP contribution >= 0.6 is 0 Å². The lowest BCUT2D eigenvalue weighted by Gasteiger charge is -2.36. The van der Waals surface area contributed by atoms with Crippen LogP contribution in [0.25, 0.3) is 5.57 Å². The van der Waals surface area contributed by atoms with Crippen molar-refractivity contribution < 1.29 is 18.8 Å². The van der Waals surface area contributed by atoms with Gasteiger partial charge in [-0.1, -0.05) is 36.4 Å². The SMILES string of the molecule is O=C(CN1C(=O)N=C2C(c3ccccc3F)=CN=C2C1=O)N1CCN(c2ccccc2)CC1. The third-order valence-corrected chi connectivity index (χ3v) is 5.90. The van der Waals surface area contributed by atoms with Crippen LogP contribution in [0.2, 0.25) is 0 Å². The number of nitrogens with zero attached hydrogens (tertiary/aromatic N) is 5. The van der Waals surface area contributed by atoms with Crippen molar-refractivity contribution in [2.45, 2.75) is 0 Å². The first-order valence-electron chi connectivity index (χ1n) is 10.6. The summed E-state index contributed by atoms with van der Waals surface area (Å²) in [7, 11) is 0. The summed E-state index contributed by atoms with van der Waals surface area (Å²) in [4.78, 5) is 51.0. The van der Waals surface area contributed by atoms with Crippen molar-refractivity contribution >= 4 is 40.5 Å². The van der Waals surface area contributed by atoms with Gasteiger partial charge >= 0.3 is 6.03 Å². The number of imide groups is 1. The molecule has 3 aliphatic rings. The largest absolute Gasteiger partial charge is 0.368 e. The lowest BCUT2D eigenvalue weighted by atomic mass is 9.99. The molecular weight excluding hydrogens is 425 g/mol. The Bertz CT molecular complexity index is 1230. The summed E-state index contributed by atoms with van der Waals surface area (Å²) < 4.78 is 14.2. The number of allylic oxidation sites excluding steroid dienone is 1. The fraction of sp³-hybridized carbons (Fsp3) is 0.208. The Morgan fingerprint density at radius 2 is 1.61 bits per heavy atom. The number of fused-ring (bicyclic) bond motifs is 1. The zero-order chi connectivity index (χ0) is 22.9. The Hall–Kier alpha value is -4.14. The number of carbonyl (C=O) groups is 3. The molecule has 2 aromatic carbocycles. The molecule has 2 aromatic rings. The van der Waals surface area contributed by atoms with Crippen LogP contribution in [0.15, 0.2) is 70.8 Å². The highest BCUT2D eigenvalue weighted by Gasteiger charge is 2.40. The van der Waals surface area contributed by atoms with Gasteiger partial charge in [0.25, 0.3) is 5.91 Å². The number of hydrogen-bond donors (Lipinski definition) is 0. The molecular formula is C24H20FN5O3. The monoisotopic (exact) mass is 445 g/mol. The Labute approximate surface area is 189 Å². The number of amides is 4. The molecule has 0 saturated carbocycles. The number of urea groups is 1. The molecule has 0 bridgehead atoms. The molecule has 0 spiro atoms. The van der Waals surface area contributed by atoms with Crippen molar-refractivity contribution in [3.63, 3.8) is 0 Å². The Balaban J connectivity index is 1.26. The van der Waals surface area contributed by atoms with E-state index in [9.17, 15) is 18.8 Å². The van der Waals surface area contributed by atoms with Crippen molar-refractivity contribution in [1.82, 2.24) is 9.80 Å². The maximum absolute atomic E-state index is 14.2. The van der Waals surface area contributed by atoms with Gasteiger partial charge in [0.05, 0.1) is 0 Å². The van der Waals surface area contributed by atoms with Gasteiger partial charge in [-0.15, -0.1) is 0 Å². The molecule has 0 unspecified atom stereocenters. The first-order chi connectivity index (χ1) is 16.0. The van der Waals surface area contributed by atoms with Gasteiger partial charge in [-0.2, -0.15) is 4.99 Å². The van der Waals surface area contributed by atoms with Crippen LogP contribution in [-0.4, -0.2) is 71.8 Å². The zero-order valence-corrected chi connectivity index (χ0v) is 17.6. The fourth-order valence-electron chi connectivity index (χ4n) is 4.12. The Morgan fingerprint density at radius 3 is 2.33 bits per heavy atom. The molecule has 1 fully saturated rings. The van der Waals surface area contributed by atoms with Crippen LogP contribution in [0.1, 0.15) is 5.56 Å². The first kappa shape index (κ1) is 20.7. The Morgan fingerprint density at radius 1 is 0.909 bits per heavy atom. The molecule has 0 radical (unpaired) electrons. The minimum atomic E-state index is -0.852. The summed E-state index contributed by atoms with van der Waals surface area (Å²) >= 11 is 0. The standard InChI is InChI=1S/C24H20FN5O3/c25-19-9-5-4-8-17(19)18-14-26-22-21(18)27-24(33)30(23(22)32)15-20(31)29-12-10-28(11-13-29)16-6-2-1-3-7-16/h1-9,14H,10-13,15H2. The number of para-hydroxylation sites is 1. The van der Waals surface area contributed by atoms with E-state index in [2.05, 4.69) is 14.9 Å². The van der Waals surface area contributed by atoms with Gasteiger partial charge in [-0.25, -0.2) is 19.1 Å². The molecule has 0 N–H and O–H groups in total. The minimum Gasteiger partial charge on any atom is -0.368 e. The predicted octanol–water partition coefficient (Wildman–Crippen LogP) is 2.37. The second-order valence-corrected chi connectivity index (χ2v) is 7.84. The van der Waals surface area contributed by atoms with E-state index < -0.39 is 24.3 Å². The summed E-state index contributed by atoms with van der Waals surface area (Å²) in [5.41, 5.74) is 1.54. The molecule has 9 heteroatoms. The Kier molecular flexibility index (Phi) is 5.29. The van der Waals surface area contributed by atoms with Gasteiger partial charge in [0.2, 0.25) is 5.91 Å². The van der Waals surface area contributed by atoms with Crippen molar-refractivity contribution in [1.29, 1.82) is 0 Å². The number of rotatable bonds is 4. The lowest BCUT2D eigenvalue weighted by molar-refractivity contribution is -0.135. The van der Waals surface area contributed by atoms with Gasteiger partial charge in [0, 0.05) is 49.2 Å². The first-order valence-corrected chi connectivity index (χ1v) is 10.6. The van der Waals surface area contributed by atoms with Crippen LogP contribution in [0.3, 0.4) is 0 Å². The predicted molar refractivity (Wildman–Crippen MR) is 122 cm³/mol. The van der Waals surface area contributed by atoms with Gasteiger partial charge < -0.3 is 9.80 Å². The molecule has 3 aliphatic heterocycles. The summed E-state index contributed by atoms with van der Waals surface area (Å²) in [6.07, 6.45) is 1.33. The lowest BCUT2D eigenvalue weighted by Crippen LogP contribution is -2.54. The molecule has 5 rings (SSSR count). The summed E-state index contributed by atoms with van der Waals surface area (Å²) in [6, 6.07) is 15.1. The van der Waals surface area contributed by atoms with E-state index in [1.165, 1.54) is 18.3 Å². The van der Waals surface area contributed by atoms with Gasteiger partial charge in [0.1, 0.15) is 18.1 Å². The molecule has 0 atom stereocenters. The molecule has 8 nitrogen and oxygen atoms in total. The van der Waals surface area contributed by atoms with Gasteiger partial charge in [0.15, 0.2) is 5.71 Å². The number of anilines is 1. The highest BCUT2D eigenvalue weighted by molar-refractivity contribution is 6.78. The number of hydrogen-bond acceptors (Lipinski definition) is 5. The quantitative estimate of drug-likeness (QED) is 0.723. The topological polar surface area (TPSA) is 85.6 Å². The van der Waals surface area contributed by atoms with E-state index in [0.29, 0.717) is 26.2 Å². The molecule has 4 amide bonds. The van der Waals surface area contributed by atoms with Gasteiger partial charge in [-0.3, -0.25) is 9.59 Å². The van der Waals surface area contributed by atoms with Crippen LogP contribution in [-0.2, 0) is 9.59 Å². The van der Waals surface area contributed by atoms with Crippen LogP contribution in [0, 0.1) is 5.82 Å².